The molecule has 0 spiro atoms. The highest BCUT2D eigenvalue weighted by Gasteiger charge is 2.29. The summed E-state index contributed by atoms with van der Waals surface area (Å²) in [5.41, 5.74) is 0. The van der Waals surface area contributed by atoms with Crippen molar-refractivity contribution in [3.8, 4) is 0 Å². The summed E-state index contributed by atoms with van der Waals surface area (Å²) in [7, 11) is 0. The first-order chi connectivity index (χ1) is 5.50. The quantitative estimate of drug-likeness (QED) is 0.374. The Morgan fingerprint density at radius 1 is 1.33 bits per heavy atom. The standard InChI is InChI=1S/C8H12BrF2I/c1-7(12)8(10,11)5-3-2-4-6-9/h1-6H2. The van der Waals surface area contributed by atoms with Crippen LogP contribution in [0.1, 0.15) is 25.7 Å². The van der Waals surface area contributed by atoms with Crippen LogP contribution in [0.5, 0.6) is 0 Å². The van der Waals surface area contributed by atoms with Crippen molar-refractivity contribution in [2.75, 3.05) is 5.33 Å². The minimum Gasteiger partial charge on any atom is -0.201 e. The molecule has 0 aromatic carbocycles. The summed E-state index contributed by atoms with van der Waals surface area (Å²) in [4.78, 5) is 0. The second-order valence-corrected chi connectivity index (χ2v) is 4.70. The number of allylic oxidation sites excluding steroid dienone is 1. The van der Waals surface area contributed by atoms with Gasteiger partial charge in [-0.15, -0.1) is 0 Å². The summed E-state index contributed by atoms with van der Waals surface area (Å²) in [6, 6.07) is 0. The Morgan fingerprint density at radius 3 is 2.33 bits per heavy atom. The van der Waals surface area contributed by atoms with Gasteiger partial charge in [0.25, 0.3) is 5.92 Å². The Bertz CT molecular complexity index is 148. The van der Waals surface area contributed by atoms with Crippen molar-refractivity contribution in [1.82, 2.24) is 0 Å². The van der Waals surface area contributed by atoms with Crippen LogP contribution in [0.3, 0.4) is 0 Å². The molecule has 0 radical (unpaired) electrons. The van der Waals surface area contributed by atoms with E-state index in [1.54, 1.807) is 22.6 Å². The van der Waals surface area contributed by atoms with Gasteiger partial charge in [0, 0.05) is 11.8 Å². The Morgan fingerprint density at radius 2 is 1.92 bits per heavy atom. The van der Waals surface area contributed by atoms with Gasteiger partial charge in [0.15, 0.2) is 0 Å². The highest BCUT2D eigenvalue weighted by molar-refractivity contribution is 14.1. The monoisotopic (exact) mass is 352 g/mol. The van der Waals surface area contributed by atoms with Crippen LogP contribution < -0.4 is 0 Å². The van der Waals surface area contributed by atoms with E-state index in [9.17, 15) is 8.78 Å². The lowest BCUT2D eigenvalue weighted by molar-refractivity contribution is 0.0412. The van der Waals surface area contributed by atoms with E-state index in [-0.39, 0.29) is 10.0 Å². The molecule has 0 N–H and O–H groups in total. The highest BCUT2D eigenvalue weighted by Crippen LogP contribution is 2.32. The van der Waals surface area contributed by atoms with E-state index in [0.29, 0.717) is 6.42 Å². The van der Waals surface area contributed by atoms with Gasteiger partial charge < -0.3 is 0 Å². The van der Waals surface area contributed by atoms with Gasteiger partial charge in [0.05, 0.1) is 3.58 Å². The van der Waals surface area contributed by atoms with Crippen LogP contribution in [0.4, 0.5) is 8.78 Å². The van der Waals surface area contributed by atoms with Crippen LogP contribution in [0, 0.1) is 0 Å². The first-order valence-corrected chi connectivity index (χ1v) is 5.99. The third kappa shape index (κ3) is 5.45. The molecule has 0 aliphatic rings. The molecule has 0 nitrogen and oxygen atoms in total. The lowest BCUT2D eigenvalue weighted by atomic mass is 10.1. The van der Waals surface area contributed by atoms with Gasteiger partial charge in [0.2, 0.25) is 0 Å². The molecule has 0 atom stereocenters. The minimum absolute atomic E-state index is 0.0565. The lowest BCUT2D eigenvalue weighted by Crippen LogP contribution is -2.14. The number of halogens is 4. The van der Waals surface area contributed by atoms with Gasteiger partial charge in [-0.2, -0.15) is 0 Å². The van der Waals surface area contributed by atoms with Crippen molar-refractivity contribution in [2.24, 2.45) is 0 Å². The highest BCUT2D eigenvalue weighted by atomic mass is 127. The largest absolute Gasteiger partial charge is 0.278 e. The maximum atomic E-state index is 12.9. The van der Waals surface area contributed by atoms with Gasteiger partial charge in [-0.05, 0) is 35.4 Å². The molecule has 4 heteroatoms. The van der Waals surface area contributed by atoms with Crippen molar-refractivity contribution in [2.45, 2.75) is 31.6 Å². The first-order valence-electron chi connectivity index (χ1n) is 3.79. The number of alkyl halides is 3. The summed E-state index contributed by atoms with van der Waals surface area (Å²) in [5.74, 6) is -2.67. The van der Waals surface area contributed by atoms with Crippen LogP contribution >= 0.6 is 38.5 Å². The topological polar surface area (TPSA) is 0 Å². The Balaban J connectivity index is 3.54. The Kier molecular flexibility index (Phi) is 6.72. The summed E-state index contributed by atoms with van der Waals surface area (Å²) in [6.07, 6.45) is 2.32. The molecule has 0 rings (SSSR count). The molecule has 0 heterocycles. The maximum absolute atomic E-state index is 12.9. The summed E-state index contributed by atoms with van der Waals surface area (Å²) < 4.78 is 25.7. The third-order valence-corrected chi connectivity index (χ3v) is 2.87. The average Bonchev–Trinajstić information content (AvgIpc) is 1.98. The smallest absolute Gasteiger partial charge is 0.201 e. The molecule has 0 aliphatic carbocycles. The normalized spacial score (nSPS) is 11.7. The van der Waals surface area contributed by atoms with Gasteiger partial charge in [-0.25, -0.2) is 8.78 Å². The Labute approximate surface area is 94.1 Å². The summed E-state index contributed by atoms with van der Waals surface area (Å²) in [5, 5.41) is 0.893. The molecule has 0 aromatic rings. The van der Waals surface area contributed by atoms with Crippen LogP contribution in [0.25, 0.3) is 0 Å². The molecule has 0 unspecified atom stereocenters. The van der Waals surface area contributed by atoms with Crippen molar-refractivity contribution in [3.63, 3.8) is 0 Å². The summed E-state index contributed by atoms with van der Waals surface area (Å²) >= 11 is 4.84. The van der Waals surface area contributed by atoms with Gasteiger partial charge in [-0.1, -0.05) is 28.9 Å². The third-order valence-electron chi connectivity index (χ3n) is 1.52. The number of hydrogen-bond acceptors (Lipinski definition) is 0. The SMILES string of the molecule is C=C(I)C(F)(F)CCCCCBr. The molecule has 0 fully saturated rings. The van der Waals surface area contributed by atoms with Gasteiger partial charge >= 0.3 is 0 Å². The molecule has 0 saturated heterocycles. The molecule has 0 saturated carbocycles. The molecule has 0 aromatic heterocycles. The average molecular weight is 353 g/mol. The van der Waals surface area contributed by atoms with Crippen LogP contribution in [0.15, 0.2) is 10.2 Å². The Hall–Kier alpha value is 0.810. The van der Waals surface area contributed by atoms with Crippen LogP contribution in [-0.2, 0) is 0 Å². The van der Waals surface area contributed by atoms with Crippen molar-refractivity contribution < 1.29 is 8.78 Å². The molecule has 72 valence electrons. The number of hydrogen-bond donors (Lipinski definition) is 0. The molecule has 0 bridgehead atoms. The van der Waals surface area contributed by atoms with Crippen LogP contribution in [-0.4, -0.2) is 11.3 Å². The fourth-order valence-corrected chi connectivity index (χ4v) is 1.42. The molecule has 0 amide bonds. The van der Waals surface area contributed by atoms with E-state index in [4.69, 9.17) is 0 Å². The van der Waals surface area contributed by atoms with E-state index >= 15 is 0 Å². The molecular weight excluding hydrogens is 341 g/mol. The molecule has 0 aliphatic heterocycles. The zero-order valence-corrected chi connectivity index (χ0v) is 10.5. The zero-order valence-electron chi connectivity index (χ0n) is 6.75. The minimum atomic E-state index is -2.67. The maximum Gasteiger partial charge on any atom is 0.278 e. The predicted octanol–water partition coefficient (Wildman–Crippen LogP) is 4.53. The van der Waals surface area contributed by atoms with E-state index in [2.05, 4.69) is 22.5 Å². The van der Waals surface area contributed by atoms with E-state index in [1.165, 1.54) is 0 Å². The van der Waals surface area contributed by atoms with E-state index in [1.807, 2.05) is 0 Å². The second-order valence-electron chi connectivity index (χ2n) is 2.61. The zero-order chi connectivity index (χ0) is 9.61. The predicted molar refractivity (Wildman–Crippen MR) is 60.4 cm³/mol. The van der Waals surface area contributed by atoms with E-state index in [0.717, 1.165) is 18.2 Å². The van der Waals surface area contributed by atoms with E-state index < -0.39 is 5.92 Å². The first kappa shape index (κ1) is 12.8. The van der Waals surface area contributed by atoms with Crippen molar-refractivity contribution in [1.29, 1.82) is 0 Å². The van der Waals surface area contributed by atoms with Gasteiger partial charge in [0.1, 0.15) is 0 Å². The molecular formula is C8H12BrF2I. The second kappa shape index (κ2) is 6.29. The lowest BCUT2D eigenvalue weighted by Gasteiger charge is -2.14. The molecule has 12 heavy (non-hydrogen) atoms. The fourth-order valence-electron chi connectivity index (χ4n) is 0.754. The number of rotatable bonds is 6. The summed E-state index contributed by atoms with van der Waals surface area (Å²) in [6.45, 7) is 3.25. The fraction of sp³-hybridized carbons (Fsp3) is 0.750. The van der Waals surface area contributed by atoms with Gasteiger partial charge in [-0.3, -0.25) is 0 Å². The van der Waals surface area contributed by atoms with Crippen LogP contribution in [0.2, 0.25) is 0 Å². The van der Waals surface area contributed by atoms with Crippen molar-refractivity contribution >= 4 is 38.5 Å². The van der Waals surface area contributed by atoms with Crippen molar-refractivity contribution in [3.05, 3.63) is 10.2 Å². The number of unbranched alkanes of at least 4 members (excludes halogenated alkanes) is 2.